The maximum absolute atomic E-state index is 11.5. The van der Waals surface area contributed by atoms with Crippen LogP contribution >= 0.6 is 24.0 Å². The fourth-order valence-electron chi connectivity index (χ4n) is 3.45. The van der Waals surface area contributed by atoms with E-state index in [1.165, 1.54) is 38.5 Å². The number of rotatable bonds is 8. The van der Waals surface area contributed by atoms with Gasteiger partial charge in [0.05, 0.1) is 11.9 Å². The Hall–Kier alpha value is -1.03. The number of anilines is 1. The van der Waals surface area contributed by atoms with Crippen LogP contribution in [-0.2, 0) is 16.6 Å². The van der Waals surface area contributed by atoms with Crippen molar-refractivity contribution in [3.8, 4) is 0 Å². The number of nitrogens with zero attached hydrogens (tertiary/aromatic N) is 1. The molecule has 3 N–H and O–H groups in total. The van der Waals surface area contributed by atoms with E-state index in [9.17, 15) is 8.42 Å². The third-order valence-corrected chi connectivity index (χ3v) is 5.38. The topological polar surface area (TPSA) is 82.6 Å². The van der Waals surface area contributed by atoms with Gasteiger partial charge in [0.2, 0.25) is 10.0 Å². The van der Waals surface area contributed by atoms with Crippen LogP contribution in [0.1, 0.15) is 50.5 Å². The number of benzene rings is 1. The summed E-state index contributed by atoms with van der Waals surface area (Å²) in [6.45, 7) is 1.40. The molecule has 0 atom stereocenters. The zero-order valence-corrected chi connectivity index (χ0v) is 19.5. The van der Waals surface area contributed by atoms with Gasteiger partial charge in [-0.15, -0.1) is 24.0 Å². The first-order valence-electron chi connectivity index (χ1n) is 9.48. The molecule has 1 aromatic carbocycles. The van der Waals surface area contributed by atoms with Gasteiger partial charge in [0.25, 0.3) is 0 Å². The van der Waals surface area contributed by atoms with Crippen LogP contribution in [0.4, 0.5) is 5.69 Å². The number of hydrogen-bond donors (Lipinski definition) is 3. The number of aliphatic imine (C=N–C) groups is 1. The van der Waals surface area contributed by atoms with Crippen LogP contribution in [0.2, 0.25) is 0 Å². The number of nitrogens with one attached hydrogen (secondary N) is 3. The summed E-state index contributed by atoms with van der Waals surface area (Å²) >= 11 is 0. The largest absolute Gasteiger partial charge is 0.356 e. The zero-order valence-electron chi connectivity index (χ0n) is 16.3. The highest BCUT2D eigenvalue weighted by molar-refractivity contribution is 14.0. The molecule has 27 heavy (non-hydrogen) atoms. The number of hydrogen-bond acceptors (Lipinski definition) is 3. The fourth-order valence-corrected chi connectivity index (χ4v) is 4.05. The van der Waals surface area contributed by atoms with Gasteiger partial charge in [-0.3, -0.25) is 9.71 Å². The van der Waals surface area contributed by atoms with Gasteiger partial charge in [0.15, 0.2) is 5.96 Å². The van der Waals surface area contributed by atoms with Crippen molar-refractivity contribution >= 4 is 45.6 Å². The van der Waals surface area contributed by atoms with E-state index >= 15 is 0 Å². The summed E-state index contributed by atoms with van der Waals surface area (Å²) in [6.07, 6.45) is 10.5. The average molecular weight is 508 g/mol. The molecule has 154 valence electrons. The van der Waals surface area contributed by atoms with Crippen LogP contribution in [0.3, 0.4) is 0 Å². The lowest BCUT2D eigenvalue weighted by Gasteiger charge is -2.21. The van der Waals surface area contributed by atoms with Gasteiger partial charge in [-0.05, 0) is 30.4 Å². The molecule has 1 aliphatic carbocycles. The Morgan fingerprint density at radius 2 is 1.85 bits per heavy atom. The van der Waals surface area contributed by atoms with E-state index in [4.69, 9.17) is 0 Å². The lowest BCUT2D eigenvalue weighted by molar-refractivity contribution is 0.332. The summed E-state index contributed by atoms with van der Waals surface area (Å²) in [6, 6.07) is 7.37. The molecule has 6 nitrogen and oxygen atoms in total. The molecule has 0 aliphatic heterocycles. The molecule has 1 aliphatic rings. The van der Waals surface area contributed by atoms with E-state index in [1.807, 2.05) is 18.2 Å². The van der Waals surface area contributed by atoms with E-state index in [-0.39, 0.29) is 24.0 Å². The van der Waals surface area contributed by atoms with Crippen molar-refractivity contribution in [1.82, 2.24) is 10.6 Å². The second kappa shape index (κ2) is 12.4. The highest BCUT2D eigenvalue weighted by atomic mass is 127. The summed E-state index contributed by atoms with van der Waals surface area (Å²) in [7, 11) is -1.55. The van der Waals surface area contributed by atoms with Gasteiger partial charge < -0.3 is 10.6 Å². The molecule has 8 heteroatoms. The van der Waals surface area contributed by atoms with Crippen LogP contribution in [0, 0.1) is 5.92 Å². The molecule has 0 radical (unpaired) electrons. The Morgan fingerprint density at radius 1 is 1.15 bits per heavy atom. The van der Waals surface area contributed by atoms with E-state index in [2.05, 4.69) is 20.3 Å². The molecule has 1 aromatic rings. The Morgan fingerprint density at radius 3 is 2.52 bits per heavy atom. The molecule has 0 heterocycles. The van der Waals surface area contributed by atoms with Crippen molar-refractivity contribution in [2.45, 2.75) is 51.5 Å². The lowest BCUT2D eigenvalue weighted by Crippen LogP contribution is -2.37. The first kappa shape index (κ1) is 24.0. The zero-order chi connectivity index (χ0) is 18.8. The monoisotopic (exact) mass is 508 g/mol. The molecular formula is C19H33IN4O2S. The van der Waals surface area contributed by atoms with E-state index in [1.54, 1.807) is 13.1 Å². The summed E-state index contributed by atoms with van der Waals surface area (Å²) < 4.78 is 25.5. The Labute approximate surface area is 181 Å². The Kier molecular flexibility index (Phi) is 11.1. The minimum atomic E-state index is -3.30. The lowest BCUT2D eigenvalue weighted by atomic mass is 9.86. The number of guanidine groups is 1. The second-order valence-electron chi connectivity index (χ2n) is 7.03. The van der Waals surface area contributed by atoms with Gasteiger partial charge in [0, 0.05) is 20.1 Å². The molecule has 1 saturated carbocycles. The first-order valence-corrected chi connectivity index (χ1v) is 11.4. The minimum absolute atomic E-state index is 0. The minimum Gasteiger partial charge on any atom is -0.356 e. The van der Waals surface area contributed by atoms with Crippen molar-refractivity contribution in [3.05, 3.63) is 29.8 Å². The van der Waals surface area contributed by atoms with E-state index < -0.39 is 10.0 Å². The number of sulfonamides is 1. The highest BCUT2D eigenvalue weighted by Gasteiger charge is 2.12. The maximum atomic E-state index is 11.5. The molecule has 0 spiro atoms. The maximum Gasteiger partial charge on any atom is 0.229 e. The van der Waals surface area contributed by atoms with Crippen LogP contribution in [0.25, 0.3) is 0 Å². The summed E-state index contributed by atoms with van der Waals surface area (Å²) in [5.74, 6) is 1.64. The van der Waals surface area contributed by atoms with Crippen molar-refractivity contribution < 1.29 is 8.42 Å². The molecule has 0 saturated heterocycles. The molecule has 0 amide bonds. The van der Waals surface area contributed by atoms with Crippen LogP contribution in [-0.4, -0.2) is 34.2 Å². The van der Waals surface area contributed by atoms with E-state index in [0.29, 0.717) is 12.2 Å². The summed E-state index contributed by atoms with van der Waals surface area (Å²) in [5, 5.41) is 6.60. The van der Waals surface area contributed by atoms with Gasteiger partial charge in [0.1, 0.15) is 0 Å². The molecule has 0 unspecified atom stereocenters. The highest BCUT2D eigenvalue weighted by Crippen LogP contribution is 2.26. The predicted octanol–water partition coefficient (Wildman–Crippen LogP) is 3.70. The second-order valence-corrected chi connectivity index (χ2v) is 8.78. The standard InChI is InChI=1S/C19H32N4O2S.HI/c1-20-19(21-14-8-11-16-9-4-3-5-10-16)22-15-17-12-6-7-13-18(17)23-26(2,24)25;/h6-7,12-13,16,23H,3-5,8-11,14-15H2,1-2H3,(H2,20,21,22);1H. The Bertz CT molecular complexity index is 689. The predicted molar refractivity (Wildman–Crippen MR) is 124 cm³/mol. The third kappa shape index (κ3) is 9.64. The van der Waals surface area contributed by atoms with Crippen LogP contribution < -0.4 is 15.4 Å². The average Bonchev–Trinajstić information content (AvgIpc) is 2.62. The molecular weight excluding hydrogens is 475 g/mol. The van der Waals surface area contributed by atoms with E-state index in [0.717, 1.165) is 36.7 Å². The molecule has 0 bridgehead atoms. The number of para-hydroxylation sites is 1. The molecule has 2 rings (SSSR count). The van der Waals surface area contributed by atoms with Crippen LogP contribution in [0.15, 0.2) is 29.3 Å². The first-order chi connectivity index (χ1) is 12.5. The van der Waals surface area contributed by atoms with Gasteiger partial charge >= 0.3 is 0 Å². The van der Waals surface area contributed by atoms with Gasteiger partial charge in [-0.1, -0.05) is 50.3 Å². The van der Waals surface area contributed by atoms with Crippen LogP contribution in [0.5, 0.6) is 0 Å². The third-order valence-electron chi connectivity index (χ3n) is 4.79. The number of halogens is 1. The van der Waals surface area contributed by atoms with Crippen molar-refractivity contribution in [2.24, 2.45) is 10.9 Å². The fraction of sp³-hybridized carbons (Fsp3) is 0.632. The van der Waals surface area contributed by atoms with Gasteiger partial charge in [-0.25, -0.2) is 8.42 Å². The van der Waals surface area contributed by atoms with Gasteiger partial charge in [-0.2, -0.15) is 0 Å². The van der Waals surface area contributed by atoms with Crippen molar-refractivity contribution in [1.29, 1.82) is 0 Å². The quantitative estimate of drug-likeness (QED) is 0.217. The smallest absolute Gasteiger partial charge is 0.229 e. The van der Waals surface area contributed by atoms with Crippen molar-refractivity contribution in [2.75, 3.05) is 24.6 Å². The summed E-state index contributed by atoms with van der Waals surface area (Å²) in [4.78, 5) is 4.25. The SMILES string of the molecule is CN=C(NCCCC1CCCCC1)NCc1ccccc1NS(C)(=O)=O.I. The molecule has 1 fully saturated rings. The normalized spacial score (nSPS) is 15.7. The molecule has 0 aromatic heterocycles. The summed E-state index contributed by atoms with van der Waals surface area (Å²) in [5.41, 5.74) is 1.47. The Balaban J connectivity index is 0.00000364. The van der Waals surface area contributed by atoms with Crippen molar-refractivity contribution in [3.63, 3.8) is 0 Å².